The molecular formula is C9H12BrN5O2. The smallest absolute Gasteiger partial charge is 0.255 e. The maximum Gasteiger partial charge on any atom is 0.255 e. The molecule has 6 N–H and O–H groups in total. The molecule has 0 fully saturated rings. The van der Waals surface area contributed by atoms with Crippen LogP contribution in [0.1, 0.15) is 17.3 Å². The number of nitrogen functional groups attached to an aromatic ring is 1. The summed E-state index contributed by atoms with van der Waals surface area (Å²) in [5.74, 6) is 4.33. The number of pyridine rings is 1. The maximum atomic E-state index is 11.8. The second kappa shape index (κ2) is 5.60. The first kappa shape index (κ1) is 13.4. The predicted octanol–water partition coefficient (Wildman–Crippen LogP) is -0.267. The molecule has 1 rings (SSSR count). The SMILES string of the molecule is CC(NC(=O)c1cc(Br)cnc1NN)C(N)=O. The fourth-order valence-corrected chi connectivity index (χ4v) is 1.40. The van der Waals surface area contributed by atoms with Gasteiger partial charge in [-0.2, -0.15) is 0 Å². The van der Waals surface area contributed by atoms with Gasteiger partial charge in [0.1, 0.15) is 6.04 Å². The molecule has 7 nitrogen and oxygen atoms in total. The van der Waals surface area contributed by atoms with Gasteiger partial charge in [-0.25, -0.2) is 10.8 Å². The molecule has 0 aliphatic carbocycles. The van der Waals surface area contributed by atoms with Crippen molar-refractivity contribution >= 4 is 33.6 Å². The van der Waals surface area contributed by atoms with E-state index >= 15 is 0 Å². The van der Waals surface area contributed by atoms with Gasteiger partial charge in [-0.15, -0.1) is 0 Å². The van der Waals surface area contributed by atoms with Crippen LogP contribution in [0.3, 0.4) is 0 Å². The van der Waals surface area contributed by atoms with Crippen molar-refractivity contribution in [3.8, 4) is 0 Å². The number of amides is 2. The number of hydrazine groups is 1. The van der Waals surface area contributed by atoms with E-state index < -0.39 is 17.9 Å². The van der Waals surface area contributed by atoms with E-state index in [0.29, 0.717) is 4.47 Å². The van der Waals surface area contributed by atoms with Gasteiger partial charge in [0, 0.05) is 10.7 Å². The third-order valence-electron chi connectivity index (χ3n) is 2.01. The first-order valence-corrected chi connectivity index (χ1v) is 5.47. The number of primary amides is 1. The molecule has 0 spiro atoms. The summed E-state index contributed by atoms with van der Waals surface area (Å²) in [6.45, 7) is 1.49. The Morgan fingerprint density at radius 3 is 2.71 bits per heavy atom. The molecule has 0 saturated carbocycles. The van der Waals surface area contributed by atoms with Crippen molar-refractivity contribution in [2.45, 2.75) is 13.0 Å². The van der Waals surface area contributed by atoms with Crippen LogP contribution in [0.2, 0.25) is 0 Å². The quantitative estimate of drug-likeness (QED) is 0.450. The molecule has 2 amide bonds. The highest BCUT2D eigenvalue weighted by molar-refractivity contribution is 9.10. The van der Waals surface area contributed by atoms with Gasteiger partial charge in [0.15, 0.2) is 5.82 Å². The lowest BCUT2D eigenvalue weighted by molar-refractivity contribution is -0.119. The first-order chi connectivity index (χ1) is 7.95. The average Bonchev–Trinajstić information content (AvgIpc) is 2.28. The summed E-state index contributed by atoms with van der Waals surface area (Å²) in [5.41, 5.74) is 7.56. The molecule has 1 aromatic heterocycles. The summed E-state index contributed by atoms with van der Waals surface area (Å²) < 4.78 is 0.619. The van der Waals surface area contributed by atoms with Gasteiger partial charge in [0.25, 0.3) is 5.91 Å². The van der Waals surface area contributed by atoms with Crippen LogP contribution in [0.15, 0.2) is 16.7 Å². The highest BCUT2D eigenvalue weighted by Gasteiger charge is 2.17. The number of aromatic nitrogens is 1. The van der Waals surface area contributed by atoms with Gasteiger partial charge >= 0.3 is 0 Å². The minimum absolute atomic E-state index is 0.211. The Morgan fingerprint density at radius 1 is 1.53 bits per heavy atom. The highest BCUT2D eigenvalue weighted by Crippen LogP contribution is 2.17. The van der Waals surface area contributed by atoms with Crippen molar-refractivity contribution in [1.29, 1.82) is 0 Å². The zero-order valence-electron chi connectivity index (χ0n) is 9.03. The molecule has 92 valence electrons. The van der Waals surface area contributed by atoms with E-state index in [4.69, 9.17) is 11.6 Å². The van der Waals surface area contributed by atoms with Crippen LogP contribution in [0.4, 0.5) is 5.82 Å². The zero-order valence-corrected chi connectivity index (χ0v) is 10.6. The average molecular weight is 302 g/mol. The Hall–Kier alpha value is -1.67. The van der Waals surface area contributed by atoms with Crippen LogP contribution >= 0.6 is 15.9 Å². The molecular weight excluding hydrogens is 290 g/mol. The van der Waals surface area contributed by atoms with Crippen molar-refractivity contribution in [3.63, 3.8) is 0 Å². The fraction of sp³-hybridized carbons (Fsp3) is 0.222. The topological polar surface area (TPSA) is 123 Å². The van der Waals surface area contributed by atoms with E-state index in [1.54, 1.807) is 0 Å². The Balaban J connectivity index is 2.95. The summed E-state index contributed by atoms with van der Waals surface area (Å²) in [5, 5.41) is 2.43. The second-order valence-electron chi connectivity index (χ2n) is 3.29. The summed E-state index contributed by atoms with van der Waals surface area (Å²) in [6.07, 6.45) is 1.49. The summed E-state index contributed by atoms with van der Waals surface area (Å²) >= 11 is 3.19. The molecule has 17 heavy (non-hydrogen) atoms. The van der Waals surface area contributed by atoms with E-state index in [2.05, 4.69) is 31.7 Å². The summed E-state index contributed by atoms with van der Waals surface area (Å²) in [4.78, 5) is 26.6. The van der Waals surface area contributed by atoms with Gasteiger partial charge in [0.2, 0.25) is 5.91 Å². The normalized spacial score (nSPS) is 11.7. The van der Waals surface area contributed by atoms with Gasteiger partial charge in [-0.05, 0) is 28.9 Å². The van der Waals surface area contributed by atoms with Gasteiger partial charge in [-0.1, -0.05) is 0 Å². The number of nitrogens with zero attached hydrogens (tertiary/aromatic N) is 1. The van der Waals surface area contributed by atoms with Crippen molar-refractivity contribution < 1.29 is 9.59 Å². The Kier molecular flexibility index (Phi) is 4.41. The molecule has 1 unspecified atom stereocenters. The van der Waals surface area contributed by atoms with Gasteiger partial charge in [-0.3, -0.25) is 9.59 Å². The third-order valence-corrected chi connectivity index (χ3v) is 2.44. The number of nitrogens with one attached hydrogen (secondary N) is 2. The van der Waals surface area contributed by atoms with Crippen LogP contribution in [-0.2, 0) is 4.79 Å². The van der Waals surface area contributed by atoms with Gasteiger partial charge < -0.3 is 16.5 Å². The zero-order chi connectivity index (χ0) is 13.0. The molecule has 1 heterocycles. The van der Waals surface area contributed by atoms with Crippen molar-refractivity contribution in [3.05, 3.63) is 22.3 Å². The van der Waals surface area contributed by atoms with E-state index in [1.165, 1.54) is 19.2 Å². The fourth-order valence-electron chi connectivity index (χ4n) is 1.07. The Labute approximate surface area is 106 Å². The van der Waals surface area contributed by atoms with E-state index in [9.17, 15) is 9.59 Å². The standard InChI is InChI=1S/C9H12BrN5O2/c1-4(7(11)16)14-9(17)6-2-5(10)3-13-8(6)15-12/h2-4H,12H2,1H3,(H2,11,16)(H,13,15)(H,14,17). The highest BCUT2D eigenvalue weighted by atomic mass is 79.9. The largest absolute Gasteiger partial charge is 0.368 e. The molecule has 1 aromatic rings. The van der Waals surface area contributed by atoms with Crippen LogP contribution in [-0.4, -0.2) is 22.8 Å². The molecule has 0 aromatic carbocycles. The van der Waals surface area contributed by atoms with Crippen LogP contribution in [0.25, 0.3) is 0 Å². The number of anilines is 1. The monoisotopic (exact) mass is 301 g/mol. The molecule has 0 aliphatic heterocycles. The Bertz CT molecular complexity index is 451. The second-order valence-corrected chi connectivity index (χ2v) is 4.21. The van der Waals surface area contributed by atoms with Crippen molar-refractivity contribution in [1.82, 2.24) is 10.3 Å². The summed E-state index contributed by atoms with van der Waals surface area (Å²) in [7, 11) is 0. The van der Waals surface area contributed by atoms with Crippen LogP contribution in [0, 0.1) is 0 Å². The van der Waals surface area contributed by atoms with Crippen LogP contribution in [0.5, 0.6) is 0 Å². The predicted molar refractivity (Wildman–Crippen MR) is 65.9 cm³/mol. The van der Waals surface area contributed by atoms with E-state index in [-0.39, 0.29) is 11.4 Å². The van der Waals surface area contributed by atoms with Crippen LogP contribution < -0.4 is 22.3 Å². The number of hydrogen-bond acceptors (Lipinski definition) is 5. The molecule has 0 radical (unpaired) electrons. The number of hydrogen-bond donors (Lipinski definition) is 4. The lowest BCUT2D eigenvalue weighted by Gasteiger charge is -2.12. The minimum atomic E-state index is -0.771. The number of halogens is 1. The molecule has 1 atom stereocenters. The molecule has 0 bridgehead atoms. The number of rotatable bonds is 4. The van der Waals surface area contributed by atoms with E-state index in [1.807, 2.05) is 0 Å². The summed E-state index contributed by atoms with van der Waals surface area (Å²) in [6, 6.07) is 0.762. The number of carbonyl (C=O) groups excluding carboxylic acids is 2. The lowest BCUT2D eigenvalue weighted by atomic mass is 10.2. The third kappa shape index (κ3) is 3.40. The maximum absolute atomic E-state index is 11.8. The number of nitrogens with two attached hydrogens (primary N) is 2. The molecule has 0 aliphatic rings. The molecule has 0 saturated heterocycles. The van der Waals surface area contributed by atoms with E-state index in [0.717, 1.165) is 0 Å². The van der Waals surface area contributed by atoms with Gasteiger partial charge in [0.05, 0.1) is 5.56 Å². The van der Waals surface area contributed by atoms with Crippen molar-refractivity contribution in [2.75, 3.05) is 5.43 Å². The van der Waals surface area contributed by atoms with Crippen molar-refractivity contribution in [2.24, 2.45) is 11.6 Å². The number of carbonyl (C=O) groups is 2. The minimum Gasteiger partial charge on any atom is -0.368 e. The lowest BCUT2D eigenvalue weighted by Crippen LogP contribution is -2.42. The Morgan fingerprint density at radius 2 is 2.18 bits per heavy atom. The molecule has 8 heteroatoms. The first-order valence-electron chi connectivity index (χ1n) is 4.68.